The molecule has 1 amide bonds. The summed E-state index contributed by atoms with van der Waals surface area (Å²) in [6.07, 6.45) is 2.60. The van der Waals surface area contributed by atoms with E-state index in [9.17, 15) is 22.0 Å². The minimum atomic E-state index is -3.36. The van der Waals surface area contributed by atoms with Crippen LogP contribution in [-0.4, -0.2) is 51.0 Å². The molecule has 1 saturated heterocycles. The quantitative estimate of drug-likeness (QED) is 0.468. The van der Waals surface area contributed by atoms with E-state index in [0.29, 0.717) is 18.7 Å². The van der Waals surface area contributed by atoms with Crippen molar-refractivity contribution in [2.75, 3.05) is 26.0 Å². The molecule has 3 unspecified atom stereocenters. The SMILES string of the molecule is CCCC12CN(C(=O)OC(C)(C)C)CC1C2COc1c(F)cc(-c2ccc(S(C)(=O)=O)cc2)cc1F. The predicted octanol–water partition coefficient (Wildman–Crippen LogP) is 5.70. The third kappa shape index (κ3) is 5.21. The number of benzene rings is 2. The Balaban J connectivity index is 1.43. The molecular weight excluding hydrogens is 488 g/mol. The second-order valence-electron chi connectivity index (χ2n) is 10.9. The second kappa shape index (κ2) is 9.32. The third-order valence-corrected chi connectivity index (χ3v) is 8.27. The maximum atomic E-state index is 14.9. The number of sulfone groups is 1. The number of nitrogens with zero attached hydrogens (tertiary/aromatic N) is 1. The molecule has 1 aliphatic carbocycles. The summed E-state index contributed by atoms with van der Waals surface area (Å²) in [6.45, 7) is 8.86. The van der Waals surface area contributed by atoms with E-state index in [-0.39, 0.29) is 40.4 Å². The van der Waals surface area contributed by atoms with Gasteiger partial charge in [-0.1, -0.05) is 25.5 Å². The highest BCUT2D eigenvalue weighted by Crippen LogP contribution is 2.65. The van der Waals surface area contributed by atoms with E-state index in [1.54, 1.807) is 4.90 Å². The average molecular weight is 522 g/mol. The van der Waals surface area contributed by atoms with Gasteiger partial charge in [-0.15, -0.1) is 0 Å². The molecule has 9 heteroatoms. The van der Waals surface area contributed by atoms with Crippen LogP contribution in [-0.2, 0) is 14.6 Å². The van der Waals surface area contributed by atoms with E-state index >= 15 is 0 Å². The van der Waals surface area contributed by atoms with Gasteiger partial charge in [-0.25, -0.2) is 22.0 Å². The molecule has 2 aliphatic rings. The standard InChI is InChI=1S/C27H33F2NO5S/c1-6-11-27-16-30(25(31)35-26(2,3)4)14-20(27)21(27)15-34-24-22(28)12-18(13-23(24)29)17-7-9-19(10-8-17)36(5,32)33/h7-10,12-13,20-21H,6,11,14-16H2,1-5H3. The minimum Gasteiger partial charge on any atom is -0.487 e. The molecule has 196 valence electrons. The van der Waals surface area contributed by atoms with Crippen LogP contribution < -0.4 is 4.74 Å². The van der Waals surface area contributed by atoms with Gasteiger partial charge in [0.1, 0.15) is 5.60 Å². The Hall–Kier alpha value is -2.68. The molecular formula is C27H33F2NO5S. The summed E-state index contributed by atoms with van der Waals surface area (Å²) in [5.41, 5.74) is 0.102. The van der Waals surface area contributed by atoms with Gasteiger partial charge in [-0.05, 0) is 73.9 Å². The van der Waals surface area contributed by atoms with Gasteiger partial charge in [0.2, 0.25) is 0 Å². The van der Waals surface area contributed by atoms with Gasteiger partial charge in [0.25, 0.3) is 0 Å². The molecule has 4 rings (SSSR count). The summed E-state index contributed by atoms with van der Waals surface area (Å²) >= 11 is 0. The number of carbonyl (C=O) groups excluding carboxylic acids is 1. The van der Waals surface area contributed by atoms with Gasteiger partial charge in [0.05, 0.1) is 11.5 Å². The van der Waals surface area contributed by atoms with Gasteiger partial charge in [-0.3, -0.25) is 0 Å². The smallest absolute Gasteiger partial charge is 0.410 e. The van der Waals surface area contributed by atoms with E-state index in [1.165, 1.54) is 36.4 Å². The fraction of sp³-hybridized carbons (Fsp3) is 0.519. The van der Waals surface area contributed by atoms with Gasteiger partial charge in [0.15, 0.2) is 27.2 Å². The summed E-state index contributed by atoms with van der Waals surface area (Å²) < 4.78 is 64.2. The number of hydrogen-bond acceptors (Lipinski definition) is 5. The van der Waals surface area contributed by atoms with Crippen LogP contribution in [0.15, 0.2) is 41.3 Å². The minimum absolute atomic E-state index is 0.109. The van der Waals surface area contributed by atoms with Crippen LogP contribution in [0.1, 0.15) is 40.5 Å². The average Bonchev–Trinajstić information content (AvgIpc) is 3.15. The Morgan fingerprint density at radius 1 is 1.11 bits per heavy atom. The lowest BCUT2D eigenvalue weighted by atomic mass is 9.97. The van der Waals surface area contributed by atoms with Crippen molar-refractivity contribution in [3.8, 4) is 16.9 Å². The molecule has 0 bridgehead atoms. The Kier molecular flexibility index (Phi) is 6.83. The monoisotopic (exact) mass is 521 g/mol. The van der Waals surface area contributed by atoms with Gasteiger partial charge >= 0.3 is 6.09 Å². The predicted molar refractivity (Wildman–Crippen MR) is 133 cm³/mol. The van der Waals surface area contributed by atoms with E-state index in [0.717, 1.165) is 19.1 Å². The molecule has 3 atom stereocenters. The Morgan fingerprint density at radius 2 is 1.72 bits per heavy atom. The van der Waals surface area contributed by atoms with Crippen LogP contribution in [0, 0.1) is 28.9 Å². The highest BCUT2D eigenvalue weighted by atomic mass is 32.2. The summed E-state index contributed by atoms with van der Waals surface area (Å²) in [7, 11) is -3.36. The van der Waals surface area contributed by atoms with E-state index < -0.39 is 32.8 Å². The van der Waals surface area contributed by atoms with Crippen LogP contribution >= 0.6 is 0 Å². The van der Waals surface area contributed by atoms with Gasteiger partial charge in [-0.2, -0.15) is 0 Å². The van der Waals surface area contributed by atoms with Gasteiger partial charge in [0, 0.05) is 25.3 Å². The molecule has 0 radical (unpaired) electrons. The third-order valence-electron chi connectivity index (χ3n) is 7.14. The lowest BCUT2D eigenvalue weighted by Gasteiger charge is -2.27. The maximum absolute atomic E-state index is 14.9. The van der Waals surface area contributed by atoms with E-state index in [2.05, 4.69) is 6.92 Å². The Bertz CT molecular complexity index is 1230. The van der Waals surface area contributed by atoms with Crippen LogP contribution in [0.3, 0.4) is 0 Å². The van der Waals surface area contributed by atoms with Crippen molar-refractivity contribution >= 4 is 15.9 Å². The first kappa shape index (κ1) is 26.4. The molecule has 2 fully saturated rings. The molecule has 2 aromatic rings. The van der Waals surface area contributed by atoms with Crippen molar-refractivity contribution < 1.29 is 31.5 Å². The summed E-state index contributed by atoms with van der Waals surface area (Å²) in [5, 5.41) is 0. The fourth-order valence-corrected chi connectivity index (χ4v) is 6.10. The summed E-state index contributed by atoms with van der Waals surface area (Å²) in [4.78, 5) is 14.4. The molecule has 1 aliphatic heterocycles. The van der Waals surface area contributed by atoms with Crippen molar-refractivity contribution in [1.82, 2.24) is 4.90 Å². The number of rotatable bonds is 7. The Labute approximate surface area is 211 Å². The molecule has 2 aromatic carbocycles. The molecule has 36 heavy (non-hydrogen) atoms. The zero-order valence-corrected chi connectivity index (χ0v) is 22.1. The van der Waals surface area contributed by atoms with Crippen molar-refractivity contribution in [3.63, 3.8) is 0 Å². The maximum Gasteiger partial charge on any atom is 0.410 e. The van der Waals surface area contributed by atoms with Crippen molar-refractivity contribution in [2.24, 2.45) is 17.3 Å². The van der Waals surface area contributed by atoms with Gasteiger partial charge < -0.3 is 14.4 Å². The topological polar surface area (TPSA) is 72.9 Å². The van der Waals surface area contributed by atoms with Crippen molar-refractivity contribution in [1.29, 1.82) is 0 Å². The lowest BCUT2D eigenvalue weighted by molar-refractivity contribution is 0.0240. The zero-order chi connectivity index (χ0) is 26.5. The number of fused-ring (bicyclic) bond motifs is 1. The van der Waals surface area contributed by atoms with E-state index in [1.807, 2.05) is 20.8 Å². The number of ether oxygens (including phenoxy) is 2. The first-order valence-electron chi connectivity index (χ1n) is 12.2. The van der Waals surface area contributed by atoms with Crippen LogP contribution in [0.5, 0.6) is 5.75 Å². The van der Waals surface area contributed by atoms with Crippen molar-refractivity contribution in [2.45, 2.75) is 51.0 Å². The molecule has 1 heterocycles. The molecule has 1 saturated carbocycles. The highest BCUT2D eigenvalue weighted by molar-refractivity contribution is 7.90. The van der Waals surface area contributed by atoms with Crippen LogP contribution in [0.25, 0.3) is 11.1 Å². The Morgan fingerprint density at radius 3 is 2.25 bits per heavy atom. The number of likely N-dealkylation sites (tertiary alicyclic amines) is 1. The molecule has 0 spiro atoms. The first-order chi connectivity index (χ1) is 16.7. The van der Waals surface area contributed by atoms with Crippen molar-refractivity contribution in [3.05, 3.63) is 48.0 Å². The molecule has 0 N–H and O–H groups in total. The van der Waals surface area contributed by atoms with Crippen LogP contribution in [0.4, 0.5) is 13.6 Å². The normalized spacial score (nSPS) is 23.4. The number of amides is 1. The van der Waals surface area contributed by atoms with E-state index in [4.69, 9.17) is 9.47 Å². The highest BCUT2D eigenvalue weighted by Gasteiger charge is 2.69. The zero-order valence-electron chi connectivity index (χ0n) is 21.3. The number of piperidine rings is 1. The molecule has 6 nitrogen and oxygen atoms in total. The number of halogens is 2. The molecule has 0 aromatic heterocycles. The summed E-state index contributed by atoms with van der Waals surface area (Å²) in [5.74, 6) is -1.74. The lowest BCUT2D eigenvalue weighted by Crippen LogP contribution is -2.38. The number of carbonyl (C=O) groups is 1. The largest absolute Gasteiger partial charge is 0.487 e. The van der Waals surface area contributed by atoms with Crippen LogP contribution in [0.2, 0.25) is 0 Å². The summed E-state index contributed by atoms with van der Waals surface area (Å²) in [6, 6.07) is 8.22. The second-order valence-corrected chi connectivity index (χ2v) is 12.9. The fourth-order valence-electron chi connectivity index (χ4n) is 5.47. The first-order valence-corrected chi connectivity index (χ1v) is 14.0. The number of hydrogen-bond donors (Lipinski definition) is 0.